The molecule has 2 N–H and O–H groups in total. The van der Waals surface area contributed by atoms with Gasteiger partial charge in [0.15, 0.2) is 16.6 Å². The summed E-state index contributed by atoms with van der Waals surface area (Å²) in [6, 6.07) is 2.45. The maximum atomic E-state index is 13.0. The summed E-state index contributed by atoms with van der Waals surface area (Å²) in [7, 11) is -2.56. The van der Waals surface area contributed by atoms with Crippen LogP contribution < -0.4 is 10.6 Å². The van der Waals surface area contributed by atoms with Crippen molar-refractivity contribution in [2.45, 2.75) is 110 Å². The summed E-state index contributed by atoms with van der Waals surface area (Å²) < 4.78 is 17.3. The van der Waals surface area contributed by atoms with Crippen molar-refractivity contribution in [3.63, 3.8) is 0 Å². The number of rotatable bonds is 16. The van der Waals surface area contributed by atoms with Gasteiger partial charge >= 0.3 is 5.97 Å². The van der Waals surface area contributed by atoms with Gasteiger partial charge in [-0.1, -0.05) is 54.4 Å². The van der Waals surface area contributed by atoms with Crippen molar-refractivity contribution in [1.29, 1.82) is 0 Å². The van der Waals surface area contributed by atoms with Gasteiger partial charge < -0.3 is 24.2 Å². The van der Waals surface area contributed by atoms with E-state index in [1.54, 1.807) is 23.7 Å². The number of hydrogen-bond acceptors (Lipinski definition) is 9. The van der Waals surface area contributed by atoms with Gasteiger partial charge in [-0.25, -0.2) is 9.78 Å². The second-order valence-corrected chi connectivity index (χ2v) is 24.8. The first-order chi connectivity index (χ1) is 20.8. The SMILES string of the molecule is COC(=O)[C@H](CO[Si](C)(C)C(C)(C)C)NC(=O)c1csc(-c2ccc(C(=O)NCCCCCCO[Si](C)(C)C(C)(C)C)nc2)n1. The van der Waals surface area contributed by atoms with Crippen LogP contribution in [0.5, 0.6) is 0 Å². The van der Waals surface area contributed by atoms with Crippen molar-refractivity contribution in [2.75, 3.05) is 26.9 Å². The van der Waals surface area contributed by atoms with E-state index in [1.807, 2.05) is 0 Å². The average molecular weight is 679 g/mol. The number of methoxy groups -OCH3 is 1. The lowest BCUT2D eigenvalue weighted by atomic mass is 10.2. The first-order valence-electron chi connectivity index (χ1n) is 15.7. The number of hydrogen-bond donors (Lipinski definition) is 2. The molecule has 0 saturated heterocycles. The molecule has 0 spiro atoms. The molecule has 2 aromatic rings. The van der Waals surface area contributed by atoms with E-state index in [0.717, 1.165) is 32.3 Å². The van der Waals surface area contributed by atoms with Gasteiger partial charge in [-0.2, -0.15) is 0 Å². The van der Waals surface area contributed by atoms with Crippen LogP contribution in [0, 0.1) is 0 Å². The summed E-state index contributed by atoms with van der Waals surface area (Å²) >= 11 is 1.27. The molecule has 0 unspecified atom stereocenters. The Morgan fingerprint density at radius 1 is 0.867 bits per heavy atom. The highest BCUT2D eigenvalue weighted by molar-refractivity contribution is 7.13. The summed E-state index contributed by atoms with van der Waals surface area (Å²) in [5.74, 6) is -1.31. The van der Waals surface area contributed by atoms with E-state index in [2.05, 4.69) is 88.3 Å². The van der Waals surface area contributed by atoms with Crippen LogP contribution in [0.2, 0.25) is 36.3 Å². The number of nitrogens with one attached hydrogen (secondary N) is 2. The van der Waals surface area contributed by atoms with Crippen molar-refractivity contribution in [3.8, 4) is 10.6 Å². The van der Waals surface area contributed by atoms with Gasteiger partial charge in [0.1, 0.15) is 22.4 Å². The van der Waals surface area contributed by atoms with Gasteiger partial charge in [0.2, 0.25) is 0 Å². The van der Waals surface area contributed by atoms with E-state index in [1.165, 1.54) is 18.4 Å². The number of thiazole rings is 1. The molecule has 0 aliphatic carbocycles. The molecule has 45 heavy (non-hydrogen) atoms. The minimum Gasteiger partial charge on any atom is -0.467 e. The number of carbonyl (C=O) groups excluding carboxylic acids is 3. The zero-order valence-electron chi connectivity index (χ0n) is 29.1. The smallest absolute Gasteiger partial charge is 0.330 e. The number of aromatic nitrogens is 2. The molecule has 10 nitrogen and oxygen atoms in total. The maximum absolute atomic E-state index is 13.0. The fourth-order valence-electron chi connectivity index (χ4n) is 3.63. The molecule has 0 aliphatic heterocycles. The molecule has 0 radical (unpaired) electrons. The number of carbonyl (C=O) groups is 3. The third kappa shape index (κ3) is 11.7. The van der Waals surface area contributed by atoms with E-state index in [9.17, 15) is 14.4 Å². The monoisotopic (exact) mass is 678 g/mol. The van der Waals surface area contributed by atoms with Crippen LogP contribution in [0.1, 0.15) is 88.2 Å². The maximum Gasteiger partial charge on any atom is 0.330 e. The van der Waals surface area contributed by atoms with E-state index in [4.69, 9.17) is 13.6 Å². The molecule has 252 valence electrons. The summed E-state index contributed by atoms with van der Waals surface area (Å²) in [4.78, 5) is 46.7. The van der Waals surface area contributed by atoms with E-state index < -0.39 is 34.6 Å². The van der Waals surface area contributed by atoms with Gasteiger partial charge in [-0.3, -0.25) is 14.6 Å². The Hall–Kier alpha value is -2.46. The van der Waals surface area contributed by atoms with Gasteiger partial charge in [-0.05, 0) is 61.2 Å². The molecule has 0 aromatic carbocycles. The number of pyridine rings is 1. The van der Waals surface area contributed by atoms with Gasteiger partial charge in [0.05, 0.1) is 13.7 Å². The molecule has 2 heterocycles. The topological polar surface area (TPSA) is 129 Å². The van der Waals surface area contributed by atoms with Crippen LogP contribution >= 0.6 is 11.3 Å². The molecular weight excluding hydrogens is 625 g/mol. The first-order valence-corrected chi connectivity index (χ1v) is 22.4. The molecule has 0 saturated carbocycles. The average Bonchev–Trinajstić information content (AvgIpc) is 3.45. The Morgan fingerprint density at radius 2 is 1.49 bits per heavy atom. The van der Waals surface area contributed by atoms with Crippen LogP contribution in [0.3, 0.4) is 0 Å². The third-order valence-electron chi connectivity index (χ3n) is 8.81. The lowest BCUT2D eigenvalue weighted by Gasteiger charge is -2.37. The Balaban J connectivity index is 1.84. The number of unbranched alkanes of at least 4 members (excludes halogenated alkanes) is 3. The number of ether oxygens (including phenoxy) is 1. The van der Waals surface area contributed by atoms with E-state index in [-0.39, 0.29) is 28.3 Å². The molecule has 1 atom stereocenters. The van der Waals surface area contributed by atoms with Crippen molar-refractivity contribution >= 4 is 45.8 Å². The van der Waals surface area contributed by atoms with Crippen LogP contribution in [0.4, 0.5) is 0 Å². The summed E-state index contributed by atoms with van der Waals surface area (Å²) in [6.07, 6.45) is 5.59. The predicted octanol–water partition coefficient (Wildman–Crippen LogP) is 6.81. The lowest BCUT2D eigenvalue weighted by molar-refractivity contribution is -0.143. The molecular formula is C32H54N4O6SSi2. The second kappa shape index (κ2) is 16.4. The Morgan fingerprint density at radius 3 is 2.07 bits per heavy atom. The largest absolute Gasteiger partial charge is 0.467 e. The predicted molar refractivity (Wildman–Crippen MR) is 186 cm³/mol. The zero-order valence-corrected chi connectivity index (χ0v) is 31.9. The summed E-state index contributed by atoms with van der Waals surface area (Å²) in [6.45, 7) is 23.2. The van der Waals surface area contributed by atoms with Crippen molar-refractivity contribution in [2.24, 2.45) is 0 Å². The summed E-state index contributed by atoms with van der Waals surface area (Å²) in [5, 5.41) is 8.00. The highest BCUT2D eigenvalue weighted by Gasteiger charge is 2.39. The quantitative estimate of drug-likeness (QED) is 0.113. The van der Waals surface area contributed by atoms with Gasteiger partial charge in [-0.15, -0.1) is 11.3 Å². The minimum atomic E-state index is -2.15. The Labute approximate surface area is 275 Å². The molecule has 0 aliphatic rings. The molecule has 2 aromatic heterocycles. The Kier molecular flexibility index (Phi) is 14.1. The van der Waals surface area contributed by atoms with E-state index >= 15 is 0 Å². The van der Waals surface area contributed by atoms with Crippen molar-refractivity contribution < 1.29 is 28.0 Å². The van der Waals surface area contributed by atoms with Crippen LogP contribution in [-0.2, 0) is 18.4 Å². The van der Waals surface area contributed by atoms with Gasteiger partial charge in [0.25, 0.3) is 11.8 Å². The Bertz CT molecular complexity index is 1270. The zero-order chi connectivity index (χ0) is 34.1. The number of nitrogens with zero attached hydrogens (tertiary/aromatic N) is 2. The lowest BCUT2D eigenvalue weighted by Crippen LogP contribution is -2.49. The van der Waals surface area contributed by atoms with Crippen LogP contribution in [0.25, 0.3) is 10.6 Å². The fourth-order valence-corrected chi connectivity index (χ4v) is 6.53. The van der Waals surface area contributed by atoms with Crippen LogP contribution in [0.15, 0.2) is 23.7 Å². The number of amides is 2. The molecule has 13 heteroatoms. The van der Waals surface area contributed by atoms with Crippen LogP contribution in [-0.4, -0.2) is 77.3 Å². The minimum absolute atomic E-state index is 0.0196. The number of esters is 1. The highest BCUT2D eigenvalue weighted by atomic mass is 32.1. The molecule has 0 fully saturated rings. The highest BCUT2D eigenvalue weighted by Crippen LogP contribution is 2.37. The summed E-state index contributed by atoms with van der Waals surface area (Å²) in [5.41, 5.74) is 1.17. The molecule has 2 rings (SSSR count). The third-order valence-corrected chi connectivity index (χ3v) is 18.7. The van der Waals surface area contributed by atoms with E-state index in [0.29, 0.717) is 22.8 Å². The second-order valence-electron chi connectivity index (χ2n) is 14.4. The first kappa shape index (κ1) is 38.7. The fraction of sp³-hybridized carbons (Fsp3) is 0.656. The molecule has 2 amide bonds. The standard InChI is InChI=1S/C32H54N4O6SSi2/c1-31(2,3)44(8,9)41-19-15-13-12-14-18-33-27(37)24-17-16-23(20-34-24)29-36-26(22-43-29)28(38)35-25(30(39)40-7)21-42-45(10,11)32(4,5)6/h16-17,20,22,25H,12-15,18-19,21H2,1-11H3,(H,33,37)(H,35,38)/t25-/m0/s1. The normalized spacial score (nSPS) is 13.3. The van der Waals surface area contributed by atoms with Gasteiger partial charge in [0, 0.05) is 30.3 Å². The molecule has 0 bridgehead atoms. The van der Waals surface area contributed by atoms with Crippen molar-refractivity contribution in [3.05, 3.63) is 35.1 Å². The van der Waals surface area contributed by atoms with Crippen molar-refractivity contribution in [1.82, 2.24) is 20.6 Å².